The number of carbonyl (C=O) groups is 3. The minimum Gasteiger partial charge on any atom is -0.463 e. The van der Waals surface area contributed by atoms with Gasteiger partial charge in [0, 0.05) is 0 Å². The Labute approximate surface area is 100 Å². The fraction of sp³-hybridized carbons (Fsp3) is 0.727. The summed E-state index contributed by atoms with van der Waals surface area (Å²) in [6.45, 7) is 5.38. The summed E-state index contributed by atoms with van der Waals surface area (Å²) in [5.41, 5.74) is 0. The summed E-state index contributed by atoms with van der Waals surface area (Å²) in [6, 6.07) is 0. The smallest absolute Gasteiger partial charge is 0.348 e. The van der Waals surface area contributed by atoms with Crippen molar-refractivity contribution in [3.63, 3.8) is 0 Å². The molecule has 2 unspecified atom stereocenters. The summed E-state index contributed by atoms with van der Waals surface area (Å²) in [7, 11) is 0. The van der Waals surface area contributed by atoms with Crippen molar-refractivity contribution >= 4 is 18.4 Å². The van der Waals surface area contributed by atoms with E-state index in [1.54, 1.807) is 6.92 Å². The molecule has 98 valence electrons. The summed E-state index contributed by atoms with van der Waals surface area (Å²) in [6.07, 6.45) is -1.00. The van der Waals surface area contributed by atoms with Gasteiger partial charge in [-0.2, -0.15) is 0 Å². The molecule has 0 aliphatic carbocycles. The van der Waals surface area contributed by atoms with E-state index in [-0.39, 0.29) is 19.5 Å². The zero-order valence-electron chi connectivity index (χ0n) is 10.3. The van der Waals surface area contributed by atoms with E-state index in [1.165, 1.54) is 6.92 Å². The standard InChI is InChI=1S/C11H18O6/c1-4-6-15-10(13)8(3)17-11(14)9(5-2)16-7-12/h7-9H,4-6H2,1-3H3. The molecule has 0 heterocycles. The Kier molecular flexibility index (Phi) is 7.75. The number of rotatable bonds is 8. The molecule has 0 spiro atoms. The zero-order chi connectivity index (χ0) is 13.3. The summed E-state index contributed by atoms with van der Waals surface area (Å²) < 4.78 is 14.1. The van der Waals surface area contributed by atoms with E-state index in [0.717, 1.165) is 0 Å². The summed E-state index contributed by atoms with van der Waals surface area (Å²) in [4.78, 5) is 32.9. The van der Waals surface area contributed by atoms with Crippen LogP contribution in [0.15, 0.2) is 0 Å². The van der Waals surface area contributed by atoms with Crippen LogP contribution in [0.2, 0.25) is 0 Å². The van der Waals surface area contributed by atoms with Crippen LogP contribution >= 0.6 is 0 Å². The Morgan fingerprint density at radius 2 is 1.88 bits per heavy atom. The summed E-state index contributed by atoms with van der Waals surface area (Å²) in [5, 5.41) is 0. The van der Waals surface area contributed by atoms with Crippen molar-refractivity contribution in [3.05, 3.63) is 0 Å². The van der Waals surface area contributed by atoms with Crippen molar-refractivity contribution in [2.24, 2.45) is 0 Å². The largest absolute Gasteiger partial charge is 0.463 e. The highest BCUT2D eigenvalue weighted by molar-refractivity contribution is 5.81. The molecule has 0 bridgehead atoms. The van der Waals surface area contributed by atoms with Gasteiger partial charge in [0.15, 0.2) is 12.2 Å². The lowest BCUT2D eigenvalue weighted by Gasteiger charge is -2.16. The molecule has 0 aliphatic rings. The number of esters is 2. The van der Waals surface area contributed by atoms with Crippen LogP contribution in [0.25, 0.3) is 0 Å². The molecule has 0 radical (unpaired) electrons. The van der Waals surface area contributed by atoms with E-state index in [1.807, 2.05) is 6.92 Å². The number of hydrogen-bond donors (Lipinski definition) is 0. The van der Waals surface area contributed by atoms with Crippen LogP contribution in [0, 0.1) is 0 Å². The molecular weight excluding hydrogens is 228 g/mol. The third-order valence-electron chi connectivity index (χ3n) is 1.93. The average Bonchev–Trinajstić information content (AvgIpc) is 2.32. The van der Waals surface area contributed by atoms with E-state index < -0.39 is 24.1 Å². The zero-order valence-corrected chi connectivity index (χ0v) is 10.3. The lowest BCUT2D eigenvalue weighted by molar-refractivity contribution is -0.175. The average molecular weight is 246 g/mol. The molecule has 0 aliphatic heterocycles. The highest BCUT2D eigenvalue weighted by Crippen LogP contribution is 2.04. The summed E-state index contributed by atoms with van der Waals surface area (Å²) in [5.74, 6) is -1.36. The van der Waals surface area contributed by atoms with Crippen LogP contribution in [0.3, 0.4) is 0 Å². The normalized spacial score (nSPS) is 13.4. The molecule has 0 saturated carbocycles. The maximum Gasteiger partial charge on any atom is 0.348 e. The first-order chi connectivity index (χ1) is 8.06. The quantitative estimate of drug-likeness (QED) is 0.358. The number of hydrogen-bond acceptors (Lipinski definition) is 6. The first-order valence-corrected chi connectivity index (χ1v) is 5.53. The third kappa shape index (κ3) is 5.89. The van der Waals surface area contributed by atoms with E-state index in [9.17, 15) is 14.4 Å². The highest BCUT2D eigenvalue weighted by Gasteiger charge is 2.25. The molecule has 0 fully saturated rings. The number of ether oxygens (including phenoxy) is 3. The topological polar surface area (TPSA) is 78.9 Å². The molecule has 2 atom stereocenters. The molecule has 0 aromatic rings. The fourth-order valence-corrected chi connectivity index (χ4v) is 1.00. The van der Waals surface area contributed by atoms with Crippen LogP contribution < -0.4 is 0 Å². The minimum absolute atomic E-state index is 0.176. The van der Waals surface area contributed by atoms with Gasteiger partial charge >= 0.3 is 11.9 Å². The molecular formula is C11H18O6. The highest BCUT2D eigenvalue weighted by atomic mass is 16.6. The van der Waals surface area contributed by atoms with Crippen LogP contribution in [0.1, 0.15) is 33.6 Å². The first-order valence-electron chi connectivity index (χ1n) is 5.53. The van der Waals surface area contributed by atoms with Crippen molar-refractivity contribution in [1.82, 2.24) is 0 Å². The monoisotopic (exact) mass is 246 g/mol. The van der Waals surface area contributed by atoms with Crippen molar-refractivity contribution in [3.8, 4) is 0 Å². The maximum atomic E-state index is 11.4. The van der Waals surface area contributed by atoms with Crippen molar-refractivity contribution in [1.29, 1.82) is 0 Å². The van der Waals surface area contributed by atoms with Gasteiger partial charge in [-0.05, 0) is 19.8 Å². The van der Waals surface area contributed by atoms with Crippen LogP contribution in [0.4, 0.5) is 0 Å². The second-order valence-electron chi connectivity index (χ2n) is 3.38. The van der Waals surface area contributed by atoms with Crippen molar-refractivity contribution in [2.75, 3.05) is 6.61 Å². The van der Waals surface area contributed by atoms with Gasteiger partial charge in [0.25, 0.3) is 6.47 Å². The molecule has 0 amide bonds. The van der Waals surface area contributed by atoms with Gasteiger partial charge in [-0.1, -0.05) is 13.8 Å². The molecule has 0 rings (SSSR count). The molecule has 0 N–H and O–H groups in total. The minimum atomic E-state index is -1.00. The van der Waals surface area contributed by atoms with Crippen molar-refractivity contribution < 1.29 is 28.6 Å². The molecule has 17 heavy (non-hydrogen) atoms. The van der Waals surface area contributed by atoms with Gasteiger partial charge in [0.1, 0.15) is 0 Å². The fourth-order valence-electron chi connectivity index (χ4n) is 1.00. The second-order valence-corrected chi connectivity index (χ2v) is 3.38. The van der Waals surface area contributed by atoms with Gasteiger partial charge in [-0.3, -0.25) is 4.79 Å². The molecule has 6 heteroatoms. The SMILES string of the molecule is CCCOC(=O)C(C)OC(=O)C(CC)OC=O. The first kappa shape index (κ1) is 15.4. The van der Waals surface area contributed by atoms with E-state index in [4.69, 9.17) is 9.47 Å². The predicted octanol–water partition coefficient (Wildman–Crippen LogP) is 0.823. The molecule has 0 saturated heterocycles. The van der Waals surface area contributed by atoms with Gasteiger partial charge in [-0.15, -0.1) is 0 Å². The Balaban J connectivity index is 4.16. The van der Waals surface area contributed by atoms with Gasteiger partial charge < -0.3 is 14.2 Å². The molecule has 0 aromatic heterocycles. The predicted molar refractivity (Wildman–Crippen MR) is 58.0 cm³/mol. The Morgan fingerprint density at radius 1 is 1.24 bits per heavy atom. The van der Waals surface area contributed by atoms with Gasteiger partial charge in [-0.25, -0.2) is 9.59 Å². The van der Waals surface area contributed by atoms with Crippen molar-refractivity contribution in [2.45, 2.75) is 45.8 Å². The third-order valence-corrected chi connectivity index (χ3v) is 1.93. The van der Waals surface area contributed by atoms with E-state index in [0.29, 0.717) is 6.42 Å². The number of carbonyl (C=O) groups excluding carboxylic acids is 3. The van der Waals surface area contributed by atoms with E-state index in [2.05, 4.69) is 4.74 Å². The van der Waals surface area contributed by atoms with E-state index >= 15 is 0 Å². The maximum absolute atomic E-state index is 11.4. The summed E-state index contributed by atoms with van der Waals surface area (Å²) >= 11 is 0. The molecule has 6 nitrogen and oxygen atoms in total. The Morgan fingerprint density at radius 3 is 2.35 bits per heavy atom. The van der Waals surface area contributed by atoms with Gasteiger partial charge in [0.05, 0.1) is 6.61 Å². The van der Waals surface area contributed by atoms with Gasteiger partial charge in [0.2, 0.25) is 0 Å². The van der Waals surface area contributed by atoms with Crippen LogP contribution in [-0.2, 0) is 28.6 Å². The van der Waals surface area contributed by atoms with Crippen LogP contribution in [-0.4, -0.2) is 37.2 Å². The second kappa shape index (κ2) is 8.55. The van der Waals surface area contributed by atoms with Crippen LogP contribution in [0.5, 0.6) is 0 Å². The lowest BCUT2D eigenvalue weighted by atomic mass is 10.3. The Hall–Kier alpha value is -1.59. The molecule has 0 aromatic carbocycles. The Bertz CT molecular complexity index is 263. The lowest BCUT2D eigenvalue weighted by Crippen LogP contribution is -2.33.